The van der Waals surface area contributed by atoms with Crippen molar-refractivity contribution in [3.05, 3.63) is 52.3 Å². The maximum Gasteiger partial charge on any atom is 0.269 e. The summed E-state index contributed by atoms with van der Waals surface area (Å²) in [5.41, 5.74) is 1.51. The Kier molecular flexibility index (Phi) is 3.58. The number of amides is 1. The molecule has 4 nitrogen and oxygen atoms in total. The van der Waals surface area contributed by atoms with Gasteiger partial charge in [-0.05, 0) is 30.7 Å². The highest BCUT2D eigenvalue weighted by molar-refractivity contribution is 9.10. The van der Waals surface area contributed by atoms with Crippen LogP contribution in [0, 0.1) is 0 Å². The Morgan fingerprint density at radius 3 is 2.94 bits per heavy atom. The van der Waals surface area contributed by atoms with Gasteiger partial charge in [-0.1, -0.05) is 28.1 Å². The fourth-order valence-corrected chi connectivity index (χ4v) is 1.93. The van der Waals surface area contributed by atoms with Crippen LogP contribution in [0.15, 0.2) is 41.0 Å². The highest BCUT2D eigenvalue weighted by atomic mass is 79.9. The van der Waals surface area contributed by atoms with Crippen LogP contribution in [0.25, 0.3) is 0 Å². The van der Waals surface area contributed by atoms with E-state index in [1.165, 1.54) is 0 Å². The number of carbonyl (C=O) groups is 1. The molecule has 0 aliphatic rings. The minimum Gasteiger partial charge on any atom is -0.344 e. The number of rotatable bonds is 3. The van der Waals surface area contributed by atoms with Gasteiger partial charge in [0.2, 0.25) is 0 Å². The molecule has 0 bridgehead atoms. The molecule has 88 valence electrons. The lowest BCUT2D eigenvalue weighted by Crippen LogP contribution is -2.26. The number of aromatic nitrogens is 2. The summed E-state index contributed by atoms with van der Waals surface area (Å²) in [5, 5.41) is 9.27. The topological polar surface area (TPSA) is 57.8 Å². The third-order valence-corrected chi connectivity index (χ3v) is 2.93. The van der Waals surface area contributed by atoms with Crippen LogP contribution in [0.1, 0.15) is 29.0 Å². The standard InChI is InChI=1S/C12H12BrN3O/c1-8(9-3-2-4-10(13)7-9)15-12(17)11-5-6-14-16-11/h2-8H,1H3,(H,14,16)(H,15,17). The molecule has 5 heteroatoms. The quantitative estimate of drug-likeness (QED) is 0.914. The molecule has 0 saturated heterocycles. The Bertz CT molecular complexity index is 510. The zero-order valence-corrected chi connectivity index (χ0v) is 10.9. The van der Waals surface area contributed by atoms with E-state index >= 15 is 0 Å². The molecule has 1 aromatic heterocycles. The first-order chi connectivity index (χ1) is 8.16. The Hall–Kier alpha value is -1.62. The Morgan fingerprint density at radius 2 is 2.29 bits per heavy atom. The predicted molar refractivity (Wildman–Crippen MR) is 68.6 cm³/mol. The third-order valence-electron chi connectivity index (χ3n) is 2.44. The summed E-state index contributed by atoms with van der Waals surface area (Å²) in [5.74, 6) is -0.157. The van der Waals surface area contributed by atoms with Crippen LogP contribution < -0.4 is 5.32 Å². The van der Waals surface area contributed by atoms with Crippen molar-refractivity contribution in [2.75, 3.05) is 0 Å². The van der Waals surface area contributed by atoms with Crippen LogP contribution in [-0.4, -0.2) is 16.1 Å². The average molecular weight is 294 g/mol. The van der Waals surface area contributed by atoms with E-state index < -0.39 is 0 Å². The SMILES string of the molecule is CC(NC(=O)c1ccn[nH]1)c1cccc(Br)c1. The van der Waals surface area contributed by atoms with Gasteiger partial charge >= 0.3 is 0 Å². The van der Waals surface area contributed by atoms with E-state index in [9.17, 15) is 4.79 Å². The van der Waals surface area contributed by atoms with Gasteiger partial charge in [-0.2, -0.15) is 5.10 Å². The highest BCUT2D eigenvalue weighted by Gasteiger charge is 2.12. The van der Waals surface area contributed by atoms with Crippen molar-refractivity contribution in [2.24, 2.45) is 0 Å². The molecule has 0 spiro atoms. The molecule has 0 aliphatic carbocycles. The molecule has 1 aromatic carbocycles. The molecule has 2 N–H and O–H groups in total. The first-order valence-corrected chi connectivity index (χ1v) is 6.02. The smallest absolute Gasteiger partial charge is 0.269 e. The molecule has 1 heterocycles. The number of benzene rings is 1. The number of nitrogens with zero attached hydrogens (tertiary/aromatic N) is 1. The lowest BCUT2D eigenvalue weighted by molar-refractivity contribution is 0.0935. The van der Waals surface area contributed by atoms with E-state index in [0.717, 1.165) is 10.0 Å². The summed E-state index contributed by atoms with van der Waals surface area (Å²) in [4.78, 5) is 11.8. The van der Waals surface area contributed by atoms with Crippen LogP contribution >= 0.6 is 15.9 Å². The molecule has 2 aromatic rings. The van der Waals surface area contributed by atoms with Gasteiger partial charge in [0.15, 0.2) is 0 Å². The molecule has 2 rings (SSSR count). The van der Waals surface area contributed by atoms with Crippen molar-refractivity contribution in [3.8, 4) is 0 Å². The maximum atomic E-state index is 11.8. The van der Waals surface area contributed by atoms with Crippen molar-refractivity contribution < 1.29 is 4.79 Å². The van der Waals surface area contributed by atoms with Crippen LogP contribution in [0.5, 0.6) is 0 Å². The molecule has 0 fully saturated rings. The summed E-state index contributed by atoms with van der Waals surface area (Å²) >= 11 is 3.41. The Balaban J connectivity index is 2.07. The fraction of sp³-hybridized carbons (Fsp3) is 0.167. The van der Waals surface area contributed by atoms with E-state index in [-0.39, 0.29) is 11.9 Å². The van der Waals surface area contributed by atoms with Gasteiger partial charge in [-0.15, -0.1) is 0 Å². The predicted octanol–water partition coefficient (Wildman–Crippen LogP) is 2.66. The molecule has 0 aliphatic heterocycles. The van der Waals surface area contributed by atoms with Gasteiger partial charge in [0.1, 0.15) is 5.69 Å². The molecular formula is C12H12BrN3O. The van der Waals surface area contributed by atoms with Crippen LogP contribution in [-0.2, 0) is 0 Å². The summed E-state index contributed by atoms with van der Waals surface area (Å²) in [6.45, 7) is 1.94. The van der Waals surface area contributed by atoms with Crippen molar-refractivity contribution >= 4 is 21.8 Å². The Labute approximate surface area is 108 Å². The summed E-state index contributed by atoms with van der Waals surface area (Å²) in [6.07, 6.45) is 1.55. The zero-order chi connectivity index (χ0) is 12.3. The fourth-order valence-electron chi connectivity index (χ4n) is 1.52. The van der Waals surface area contributed by atoms with Gasteiger partial charge in [-0.3, -0.25) is 9.89 Å². The minimum atomic E-state index is -0.157. The lowest BCUT2D eigenvalue weighted by atomic mass is 10.1. The molecule has 1 unspecified atom stereocenters. The minimum absolute atomic E-state index is 0.0525. The van der Waals surface area contributed by atoms with Crippen LogP contribution in [0.2, 0.25) is 0 Å². The summed E-state index contributed by atoms with van der Waals surface area (Å²) in [7, 11) is 0. The molecule has 1 atom stereocenters. The van der Waals surface area contributed by atoms with E-state index in [0.29, 0.717) is 5.69 Å². The normalized spacial score (nSPS) is 12.1. The first-order valence-electron chi connectivity index (χ1n) is 5.22. The van der Waals surface area contributed by atoms with Gasteiger partial charge in [0.25, 0.3) is 5.91 Å². The second kappa shape index (κ2) is 5.14. The second-order valence-electron chi connectivity index (χ2n) is 3.72. The van der Waals surface area contributed by atoms with Crippen molar-refractivity contribution in [3.63, 3.8) is 0 Å². The highest BCUT2D eigenvalue weighted by Crippen LogP contribution is 2.18. The maximum absolute atomic E-state index is 11.8. The molecule has 17 heavy (non-hydrogen) atoms. The monoisotopic (exact) mass is 293 g/mol. The molecule has 1 amide bonds. The zero-order valence-electron chi connectivity index (χ0n) is 9.27. The number of H-pyrrole nitrogens is 1. The first kappa shape index (κ1) is 11.9. The van der Waals surface area contributed by atoms with Gasteiger partial charge in [-0.25, -0.2) is 0 Å². The average Bonchev–Trinajstić information content (AvgIpc) is 2.82. The molecule has 0 radical (unpaired) electrons. The summed E-state index contributed by atoms with van der Waals surface area (Å²) in [6, 6.07) is 9.44. The second-order valence-corrected chi connectivity index (χ2v) is 4.64. The molecular weight excluding hydrogens is 282 g/mol. The van der Waals surface area contributed by atoms with E-state index in [4.69, 9.17) is 0 Å². The van der Waals surface area contributed by atoms with E-state index in [1.807, 2.05) is 31.2 Å². The van der Waals surface area contributed by atoms with Gasteiger partial charge in [0.05, 0.1) is 6.04 Å². The number of halogens is 1. The van der Waals surface area contributed by atoms with Crippen molar-refractivity contribution in [1.82, 2.24) is 15.5 Å². The number of hydrogen-bond donors (Lipinski definition) is 2. The van der Waals surface area contributed by atoms with Crippen molar-refractivity contribution in [1.29, 1.82) is 0 Å². The van der Waals surface area contributed by atoms with Crippen LogP contribution in [0.4, 0.5) is 0 Å². The van der Waals surface area contributed by atoms with E-state index in [1.54, 1.807) is 12.3 Å². The number of aromatic amines is 1. The third kappa shape index (κ3) is 2.94. The van der Waals surface area contributed by atoms with Gasteiger partial charge < -0.3 is 5.32 Å². The number of nitrogens with one attached hydrogen (secondary N) is 2. The lowest BCUT2D eigenvalue weighted by Gasteiger charge is -2.13. The van der Waals surface area contributed by atoms with Gasteiger partial charge in [0, 0.05) is 10.7 Å². The summed E-state index contributed by atoms with van der Waals surface area (Å²) < 4.78 is 0.998. The number of carbonyl (C=O) groups excluding carboxylic acids is 1. The largest absolute Gasteiger partial charge is 0.344 e. The van der Waals surface area contributed by atoms with E-state index in [2.05, 4.69) is 31.4 Å². The Morgan fingerprint density at radius 1 is 1.47 bits per heavy atom. The van der Waals surface area contributed by atoms with Crippen molar-refractivity contribution in [2.45, 2.75) is 13.0 Å². The molecule has 0 saturated carbocycles. The number of hydrogen-bond acceptors (Lipinski definition) is 2. The van der Waals surface area contributed by atoms with Crippen LogP contribution in [0.3, 0.4) is 0 Å².